The first-order chi connectivity index (χ1) is 11.7. The fourth-order valence-electron chi connectivity index (χ4n) is 3.22. The number of rotatable bonds is 5. The summed E-state index contributed by atoms with van der Waals surface area (Å²) in [5.74, 6) is -0.0113. The van der Waals surface area contributed by atoms with Crippen LogP contribution in [-0.2, 0) is 13.1 Å². The summed E-state index contributed by atoms with van der Waals surface area (Å²) in [6.45, 7) is 6.01. The van der Waals surface area contributed by atoms with Crippen molar-refractivity contribution in [1.29, 1.82) is 0 Å². The Morgan fingerprint density at radius 3 is 2.42 bits per heavy atom. The van der Waals surface area contributed by atoms with E-state index in [2.05, 4.69) is 41.4 Å². The van der Waals surface area contributed by atoms with Gasteiger partial charge < -0.3 is 5.32 Å². The Bertz CT molecular complexity index is 672. The van der Waals surface area contributed by atoms with E-state index < -0.39 is 0 Å². The van der Waals surface area contributed by atoms with E-state index in [-0.39, 0.29) is 5.91 Å². The fraction of sp³-hybridized carbons (Fsp3) is 0.381. The molecule has 1 N–H and O–H groups in total. The molecule has 0 atom stereocenters. The maximum absolute atomic E-state index is 12.3. The number of benzene rings is 2. The lowest BCUT2D eigenvalue weighted by molar-refractivity contribution is 0.0951. The van der Waals surface area contributed by atoms with Crippen molar-refractivity contribution >= 4 is 5.91 Å². The Kier molecular flexibility index (Phi) is 5.65. The molecule has 0 aliphatic carbocycles. The first-order valence-corrected chi connectivity index (χ1v) is 8.86. The van der Waals surface area contributed by atoms with Gasteiger partial charge in [0.1, 0.15) is 0 Å². The van der Waals surface area contributed by atoms with Gasteiger partial charge in [-0.05, 0) is 61.7 Å². The van der Waals surface area contributed by atoms with Crippen molar-refractivity contribution in [2.45, 2.75) is 39.3 Å². The zero-order valence-electron chi connectivity index (χ0n) is 14.4. The van der Waals surface area contributed by atoms with Crippen molar-refractivity contribution in [2.75, 3.05) is 13.1 Å². The Labute approximate surface area is 144 Å². The molecule has 1 heterocycles. The summed E-state index contributed by atoms with van der Waals surface area (Å²) >= 11 is 0. The summed E-state index contributed by atoms with van der Waals surface area (Å²) in [6, 6.07) is 16.2. The van der Waals surface area contributed by atoms with Crippen LogP contribution in [0.2, 0.25) is 0 Å². The van der Waals surface area contributed by atoms with Crippen LogP contribution in [0.1, 0.15) is 46.3 Å². The highest BCUT2D eigenvalue weighted by atomic mass is 16.1. The molecule has 3 heteroatoms. The summed E-state index contributed by atoms with van der Waals surface area (Å²) in [5.41, 5.74) is 4.38. The van der Waals surface area contributed by atoms with Crippen LogP contribution < -0.4 is 5.32 Å². The number of aryl methyl sites for hydroxylation is 1. The number of carbonyl (C=O) groups excluding carboxylic acids is 1. The van der Waals surface area contributed by atoms with Crippen LogP contribution in [0.4, 0.5) is 0 Å². The lowest BCUT2D eigenvalue weighted by Gasteiger charge is -2.26. The standard InChI is InChI=1S/C21H26N2O/c1-17-7-3-4-8-20(17)15-22-21(24)19-11-9-18(10-12-19)16-23-13-5-2-6-14-23/h3-4,7-12H,2,5-6,13-16H2,1H3,(H,22,24). The number of carbonyl (C=O) groups is 1. The minimum absolute atomic E-state index is 0.0113. The second kappa shape index (κ2) is 8.11. The monoisotopic (exact) mass is 322 g/mol. The van der Waals surface area contributed by atoms with Gasteiger partial charge in [-0.2, -0.15) is 0 Å². The van der Waals surface area contributed by atoms with Gasteiger partial charge in [0.2, 0.25) is 0 Å². The van der Waals surface area contributed by atoms with Crippen LogP contribution in [0.15, 0.2) is 48.5 Å². The van der Waals surface area contributed by atoms with E-state index in [0.29, 0.717) is 6.54 Å². The molecule has 1 saturated heterocycles. The van der Waals surface area contributed by atoms with Crippen molar-refractivity contribution < 1.29 is 4.79 Å². The van der Waals surface area contributed by atoms with Crippen molar-refractivity contribution in [1.82, 2.24) is 10.2 Å². The maximum atomic E-state index is 12.3. The Balaban J connectivity index is 1.54. The number of amides is 1. The summed E-state index contributed by atoms with van der Waals surface area (Å²) < 4.78 is 0. The summed E-state index contributed by atoms with van der Waals surface area (Å²) in [4.78, 5) is 14.8. The van der Waals surface area contributed by atoms with Gasteiger partial charge in [0.25, 0.3) is 5.91 Å². The lowest BCUT2D eigenvalue weighted by atomic mass is 10.1. The molecule has 0 bridgehead atoms. The van der Waals surface area contributed by atoms with Gasteiger partial charge >= 0.3 is 0 Å². The van der Waals surface area contributed by atoms with Crippen molar-refractivity contribution in [3.8, 4) is 0 Å². The molecule has 126 valence electrons. The van der Waals surface area contributed by atoms with E-state index in [1.807, 2.05) is 24.3 Å². The number of likely N-dealkylation sites (tertiary alicyclic amines) is 1. The zero-order valence-corrected chi connectivity index (χ0v) is 14.4. The third-order valence-corrected chi connectivity index (χ3v) is 4.77. The zero-order chi connectivity index (χ0) is 16.8. The highest BCUT2D eigenvalue weighted by Gasteiger charge is 2.11. The van der Waals surface area contributed by atoms with E-state index in [1.165, 1.54) is 43.5 Å². The van der Waals surface area contributed by atoms with Crippen LogP contribution in [0.5, 0.6) is 0 Å². The first kappa shape index (κ1) is 16.7. The van der Waals surface area contributed by atoms with Crippen molar-refractivity contribution in [2.24, 2.45) is 0 Å². The average Bonchev–Trinajstić information content (AvgIpc) is 2.62. The lowest BCUT2D eigenvalue weighted by Crippen LogP contribution is -2.29. The summed E-state index contributed by atoms with van der Waals surface area (Å²) in [5, 5.41) is 3.01. The minimum atomic E-state index is -0.0113. The molecule has 0 radical (unpaired) electrons. The Morgan fingerprint density at radius 1 is 1.00 bits per heavy atom. The number of nitrogens with one attached hydrogen (secondary N) is 1. The van der Waals surface area contributed by atoms with Gasteiger partial charge in [0, 0.05) is 18.7 Å². The first-order valence-electron chi connectivity index (χ1n) is 8.86. The normalized spacial score (nSPS) is 15.2. The second-order valence-electron chi connectivity index (χ2n) is 6.64. The van der Waals surface area contributed by atoms with Crippen LogP contribution in [0.3, 0.4) is 0 Å². The molecular weight excluding hydrogens is 296 g/mol. The molecule has 24 heavy (non-hydrogen) atoms. The van der Waals surface area contributed by atoms with E-state index in [0.717, 1.165) is 17.7 Å². The second-order valence-corrected chi connectivity index (χ2v) is 6.64. The van der Waals surface area contributed by atoms with Gasteiger partial charge in [-0.15, -0.1) is 0 Å². The highest BCUT2D eigenvalue weighted by molar-refractivity contribution is 5.94. The predicted molar refractivity (Wildman–Crippen MR) is 97.9 cm³/mol. The Morgan fingerprint density at radius 2 is 1.71 bits per heavy atom. The molecule has 1 fully saturated rings. The quantitative estimate of drug-likeness (QED) is 0.905. The third-order valence-electron chi connectivity index (χ3n) is 4.77. The highest BCUT2D eigenvalue weighted by Crippen LogP contribution is 2.14. The number of hydrogen-bond acceptors (Lipinski definition) is 2. The molecule has 0 aromatic heterocycles. The van der Waals surface area contributed by atoms with Crippen LogP contribution in [-0.4, -0.2) is 23.9 Å². The van der Waals surface area contributed by atoms with E-state index in [9.17, 15) is 4.79 Å². The number of piperidine rings is 1. The van der Waals surface area contributed by atoms with Crippen molar-refractivity contribution in [3.63, 3.8) is 0 Å². The van der Waals surface area contributed by atoms with Gasteiger partial charge in [-0.1, -0.05) is 42.8 Å². The molecule has 3 nitrogen and oxygen atoms in total. The molecule has 1 aliphatic heterocycles. The molecule has 0 unspecified atom stereocenters. The number of nitrogens with zero attached hydrogens (tertiary/aromatic N) is 1. The van der Waals surface area contributed by atoms with Gasteiger partial charge in [0.15, 0.2) is 0 Å². The van der Waals surface area contributed by atoms with Crippen LogP contribution >= 0.6 is 0 Å². The largest absolute Gasteiger partial charge is 0.348 e. The molecular formula is C21H26N2O. The molecule has 2 aromatic carbocycles. The van der Waals surface area contributed by atoms with Crippen LogP contribution in [0, 0.1) is 6.92 Å². The van der Waals surface area contributed by atoms with Gasteiger partial charge in [0.05, 0.1) is 0 Å². The van der Waals surface area contributed by atoms with Gasteiger partial charge in [-0.25, -0.2) is 0 Å². The van der Waals surface area contributed by atoms with Gasteiger partial charge in [-0.3, -0.25) is 9.69 Å². The summed E-state index contributed by atoms with van der Waals surface area (Å²) in [6.07, 6.45) is 3.97. The predicted octanol–water partition coefficient (Wildman–Crippen LogP) is 3.91. The SMILES string of the molecule is Cc1ccccc1CNC(=O)c1ccc(CN2CCCCC2)cc1. The van der Waals surface area contributed by atoms with E-state index in [4.69, 9.17) is 0 Å². The van der Waals surface area contributed by atoms with Crippen LogP contribution in [0.25, 0.3) is 0 Å². The average molecular weight is 322 g/mol. The van der Waals surface area contributed by atoms with E-state index >= 15 is 0 Å². The molecule has 0 spiro atoms. The third kappa shape index (κ3) is 4.45. The smallest absolute Gasteiger partial charge is 0.251 e. The molecule has 3 rings (SSSR count). The number of hydrogen-bond donors (Lipinski definition) is 1. The molecule has 1 aliphatic rings. The Hall–Kier alpha value is -2.13. The summed E-state index contributed by atoms with van der Waals surface area (Å²) in [7, 11) is 0. The topological polar surface area (TPSA) is 32.3 Å². The van der Waals surface area contributed by atoms with E-state index in [1.54, 1.807) is 0 Å². The molecule has 1 amide bonds. The molecule has 2 aromatic rings. The van der Waals surface area contributed by atoms with Crippen molar-refractivity contribution in [3.05, 3.63) is 70.8 Å². The fourth-order valence-corrected chi connectivity index (χ4v) is 3.22. The maximum Gasteiger partial charge on any atom is 0.251 e. The molecule has 0 saturated carbocycles. The minimum Gasteiger partial charge on any atom is -0.348 e.